The van der Waals surface area contributed by atoms with Crippen LogP contribution in [0.25, 0.3) is 0 Å². The summed E-state index contributed by atoms with van der Waals surface area (Å²) in [6.07, 6.45) is 1.59. The predicted molar refractivity (Wildman–Crippen MR) is 78.3 cm³/mol. The standard InChI is InChI=1S/C10H19BO4PS2/c1-3-9(14-8(2)11)6-13-16(12)15-10-4-5-17-18-7-10/h8-10H,3-7H2,1-2H3/q+1. The molecule has 0 bridgehead atoms. The van der Waals surface area contributed by atoms with Crippen molar-refractivity contribution in [3.63, 3.8) is 0 Å². The fourth-order valence-corrected chi connectivity index (χ4v) is 4.60. The van der Waals surface area contributed by atoms with Gasteiger partial charge in [0.15, 0.2) is 0 Å². The molecule has 1 aliphatic rings. The monoisotopic (exact) mass is 309 g/mol. The summed E-state index contributed by atoms with van der Waals surface area (Å²) in [6.45, 7) is 3.98. The van der Waals surface area contributed by atoms with E-state index in [2.05, 4.69) is 0 Å². The lowest BCUT2D eigenvalue weighted by atomic mass is 10.0. The Hall–Kier alpha value is 0.745. The second-order valence-corrected chi connectivity index (χ2v) is 7.56. The quantitative estimate of drug-likeness (QED) is 0.390. The van der Waals surface area contributed by atoms with Gasteiger partial charge in [0.1, 0.15) is 20.6 Å². The van der Waals surface area contributed by atoms with E-state index in [-0.39, 0.29) is 24.8 Å². The van der Waals surface area contributed by atoms with Crippen molar-refractivity contribution in [2.45, 2.75) is 44.9 Å². The summed E-state index contributed by atoms with van der Waals surface area (Å²) in [6, 6.07) is -0.343. The van der Waals surface area contributed by atoms with Crippen LogP contribution in [0.1, 0.15) is 26.7 Å². The van der Waals surface area contributed by atoms with Gasteiger partial charge in [0, 0.05) is 22.1 Å². The second-order valence-electron chi connectivity index (χ2n) is 4.01. The average Bonchev–Trinajstić information content (AvgIpc) is 2.35. The first-order valence-electron chi connectivity index (χ1n) is 6.04. The lowest BCUT2D eigenvalue weighted by Crippen LogP contribution is -2.23. The molecule has 1 saturated heterocycles. The van der Waals surface area contributed by atoms with E-state index in [1.807, 2.05) is 17.7 Å². The van der Waals surface area contributed by atoms with Gasteiger partial charge in [0.25, 0.3) is 0 Å². The minimum absolute atomic E-state index is 0.0364. The second kappa shape index (κ2) is 9.62. The van der Waals surface area contributed by atoms with Crippen LogP contribution in [0.2, 0.25) is 0 Å². The minimum atomic E-state index is -2.06. The highest BCUT2D eigenvalue weighted by molar-refractivity contribution is 8.76. The third-order valence-corrected chi connectivity index (χ3v) is 5.64. The van der Waals surface area contributed by atoms with Gasteiger partial charge in [-0.25, -0.2) is 0 Å². The summed E-state index contributed by atoms with van der Waals surface area (Å²) in [4.78, 5) is 0. The van der Waals surface area contributed by atoms with Gasteiger partial charge in [-0.1, -0.05) is 28.5 Å². The van der Waals surface area contributed by atoms with Gasteiger partial charge < -0.3 is 4.74 Å². The zero-order valence-corrected chi connectivity index (χ0v) is 13.3. The Kier molecular flexibility index (Phi) is 8.98. The van der Waals surface area contributed by atoms with Gasteiger partial charge in [0.2, 0.25) is 0 Å². The molecule has 1 fully saturated rings. The molecule has 1 aliphatic heterocycles. The molecule has 0 aromatic heterocycles. The Labute approximate surface area is 119 Å². The fraction of sp³-hybridized carbons (Fsp3) is 1.00. The maximum absolute atomic E-state index is 11.6. The molecule has 18 heavy (non-hydrogen) atoms. The molecule has 0 amide bonds. The van der Waals surface area contributed by atoms with E-state index < -0.39 is 8.25 Å². The molecule has 0 N–H and O–H groups in total. The summed E-state index contributed by atoms with van der Waals surface area (Å²) >= 11 is 0. The smallest absolute Gasteiger partial charge is 0.382 e. The number of rotatable bonds is 8. The Bertz CT molecular complexity index is 252. The van der Waals surface area contributed by atoms with Gasteiger partial charge in [-0.15, -0.1) is 9.05 Å². The molecule has 0 spiro atoms. The first-order chi connectivity index (χ1) is 8.61. The maximum atomic E-state index is 11.6. The highest BCUT2D eigenvalue weighted by Crippen LogP contribution is 2.36. The summed E-state index contributed by atoms with van der Waals surface area (Å²) < 4.78 is 27.6. The van der Waals surface area contributed by atoms with Crippen molar-refractivity contribution in [2.75, 3.05) is 18.1 Å². The molecule has 0 aromatic rings. The summed E-state index contributed by atoms with van der Waals surface area (Å²) in [5.41, 5.74) is 0. The minimum Gasteiger partial charge on any atom is -0.382 e. The number of hydrogen-bond donors (Lipinski definition) is 0. The molecule has 0 aliphatic carbocycles. The maximum Gasteiger partial charge on any atom is 0.697 e. The van der Waals surface area contributed by atoms with Crippen LogP contribution in [0, 0.1) is 0 Å². The summed E-state index contributed by atoms with van der Waals surface area (Å²) in [7, 11) is 7.05. The van der Waals surface area contributed by atoms with Gasteiger partial charge in [0.05, 0.1) is 6.10 Å². The van der Waals surface area contributed by atoms with E-state index in [0.29, 0.717) is 0 Å². The number of ether oxygens (including phenoxy) is 1. The van der Waals surface area contributed by atoms with Crippen molar-refractivity contribution >= 4 is 37.7 Å². The normalized spacial score (nSPS) is 24.6. The Morgan fingerprint density at radius 1 is 1.50 bits per heavy atom. The zero-order chi connectivity index (χ0) is 13.4. The molecule has 4 nitrogen and oxygen atoms in total. The molecule has 4 unspecified atom stereocenters. The van der Waals surface area contributed by atoms with Crippen LogP contribution in [0.15, 0.2) is 0 Å². The fourth-order valence-electron chi connectivity index (χ4n) is 1.38. The van der Waals surface area contributed by atoms with E-state index in [9.17, 15) is 4.57 Å². The van der Waals surface area contributed by atoms with E-state index in [4.69, 9.17) is 21.6 Å². The van der Waals surface area contributed by atoms with E-state index >= 15 is 0 Å². The summed E-state index contributed by atoms with van der Waals surface area (Å²) in [5.74, 6) is 1.90. The van der Waals surface area contributed by atoms with Crippen LogP contribution in [0.4, 0.5) is 0 Å². The van der Waals surface area contributed by atoms with Crippen molar-refractivity contribution < 1.29 is 18.3 Å². The molecule has 1 rings (SSSR count). The number of hydrogen-bond acceptors (Lipinski definition) is 6. The highest BCUT2D eigenvalue weighted by atomic mass is 33.1. The van der Waals surface area contributed by atoms with Crippen molar-refractivity contribution in [3.8, 4) is 0 Å². The van der Waals surface area contributed by atoms with Crippen LogP contribution in [0.5, 0.6) is 0 Å². The van der Waals surface area contributed by atoms with Crippen LogP contribution >= 0.6 is 29.8 Å². The first kappa shape index (κ1) is 16.8. The third-order valence-electron chi connectivity index (χ3n) is 2.32. The Morgan fingerprint density at radius 3 is 2.83 bits per heavy atom. The van der Waals surface area contributed by atoms with E-state index in [0.717, 1.165) is 24.3 Å². The highest BCUT2D eigenvalue weighted by Gasteiger charge is 2.30. The van der Waals surface area contributed by atoms with Crippen molar-refractivity contribution in [1.82, 2.24) is 0 Å². The predicted octanol–water partition coefficient (Wildman–Crippen LogP) is 3.14. The molecule has 1 heterocycles. The van der Waals surface area contributed by atoms with Gasteiger partial charge in [-0.2, -0.15) is 0 Å². The third kappa shape index (κ3) is 7.36. The lowest BCUT2D eigenvalue weighted by Gasteiger charge is -2.17. The summed E-state index contributed by atoms with van der Waals surface area (Å²) in [5, 5.41) is 0. The van der Waals surface area contributed by atoms with E-state index in [1.54, 1.807) is 17.7 Å². The van der Waals surface area contributed by atoms with Crippen LogP contribution in [-0.2, 0) is 18.3 Å². The molecule has 8 heteroatoms. The molecule has 2 radical (unpaired) electrons. The Morgan fingerprint density at radius 2 is 2.28 bits per heavy atom. The van der Waals surface area contributed by atoms with Crippen LogP contribution in [-0.4, -0.2) is 44.2 Å². The molecule has 102 valence electrons. The average molecular weight is 309 g/mol. The molecular weight excluding hydrogens is 290 g/mol. The van der Waals surface area contributed by atoms with Crippen molar-refractivity contribution in [2.24, 2.45) is 0 Å². The molecule has 4 atom stereocenters. The topological polar surface area (TPSA) is 44.8 Å². The van der Waals surface area contributed by atoms with Crippen molar-refractivity contribution in [3.05, 3.63) is 0 Å². The van der Waals surface area contributed by atoms with Gasteiger partial charge in [-0.05, 0) is 19.8 Å². The van der Waals surface area contributed by atoms with E-state index in [1.165, 1.54) is 0 Å². The molecule has 0 aromatic carbocycles. The molecule has 0 saturated carbocycles. The Balaban J connectivity index is 2.18. The van der Waals surface area contributed by atoms with Gasteiger partial charge >= 0.3 is 8.25 Å². The van der Waals surface area contributed by atoms with Crippen LogP contribution < -0.4 is 0 Å². The van der Waals surface area contributed by atoms with Gasteiger partial charge in [-0.3, -0.25) is 0 Å². The zero-order valence-electron chi connectivity index (χ0n) is 10.7. The SMILES string of the molecule is [B]C(C)OC(CC)CO[P+](=O)OC1CCSSC1. The first-order valence-corrected chi connectivity index (χ1v) is 9.62. The van der Waals surface area contributed by atoms with Crippen molar-refractivity contribution in [1.29, 1.82) is 0 Å². The molecular formula is C10H19BO4PS2+. The van der Waals surface area contributed by atoms with Crippen LogP contribution in [0.3, 0.4) is 0 Å². The lowest BCUT2D eigenvalue weighted by molar-refractivity contribution is 0.00363. The largest absolute Gasteiger partial charge is 0.697 e.